The lowest BCUT2D eigenvalue weighted by molar-refractivity contribution is 0.637. The van der Waals surface area contributed by atoms with Crippen LogP contribution >= 0.6 is 0 Å². The molecule has 1 fully saturated rings. The number of rotatable bonds is 4. The average molecular weight is 233 g/mol. The second-order valence-electron chi connectivity index (χ2n) is 5.01. The molecule has 2 rings (SSSR count). The lowest BCUT2D eigenvalue weighted by atomic mass is 10.1. The van der Waals surface area contributed by atoms with Crippen molar-refractivity contribution in [1.29, 1.82) is 0 Å². The Morgan fingerprint density at radius 2 is 2.06 bits per heavy atom. The van der Waals surface area contributed by atoms with E-state index in [2.05, 4.69) is 41.3 Å². The van der Waals surface area contributed by atoms with Gasteiger partial charge in [0.1, 0.15) is 5.82 Å². The summed E-state index contributed by atoms with van der Waals surface area (Å²) in [5.41, 5.74) is 1.25. The molecule has 3 nitrogen and oxygen atoms in total. The molecule has 1 aromatic rings. The molecule has 1 atom stereocenters. The van der Waals surface area contributed by atoms with Crippen molar-refractivity contribution in [3.05, 3.63) is 23.9 Å². The van der Waals surface area contributed by atoms with E-state index in [-0.39, 0.29) is 0 Å². The van der Waals surface area contributed by atoms with Crippen molar-refractivity contribution in [2.75, 3.05) is 19.0 Å². The van der Waals surface area contributed by atoms with Crippen molar-refractivity contribution in [3.63, 3.8) is 0 Å². The van der Waals surface area contributed by atoms with Gasteiger partial charge in [0.05, 0.1) is 0 Å². The molecule has 94 valence electrons. The molecule has 1 heterocycles. The van der Waals surface area contributed by atoms with Crippen LogP contribution in [-0.2, 0) is 0 Å². The molecule has 0 spiro atoms. The van der Waals surface area contributed by atoms with Gasteiger partial charge in [-0.25, -0.2) is 4.98 Å². The Balaban J connectivity index is 2.06. The minimum atomic E-state index is 0.369. The third-order valence-corrected chi connectivity index (χ3v) is 3.94. The molecule has 0 saturated heterocycles. The van der Waals surface area contributed by atoms with Crippen LogP contribution in [0.4, 0.5) is 5.82 Å². The fourth-order valence-corrected chi connectivity index (χ4v) is 2.51. The zero-order valence-electron chi connectivity index (χ0n) is 11.1. The topological polar surface area (TPSA) is 28.2 Å². The lowest BCUT2D eigenvalue weighted by Crippen LogP contribution is -2.29. The van der Waals surface area contributed by atoms with Gasteiger partial charge >= 0.3 is 0 Å². The standard InChI is InChI=1S/C14H23N3/c1-11(15-2)12-8-9-14(16-10-12)17(3)13-6-4-5-7-13/h8-11,13,15H,4-7H2,1-3H3. The molecular formula is C14H23N3. The molecule has 3 heteroatoms. The number of anilines is 1. The maximum absolute atomic E-state index is 4.58. The highest BCUT2D eigenvalue weighted by molar-refractivity contribution is 5.40. The molecule has 1 aliphatic rings. The first kappa shape index (κ1) is 12.4. The minimum absolute atomic E-state index is 0.369. The van der Waals surface area contributed by atoms with E-state index in [0.29, 0.717) is 12.1 Å². The van der Waals surface area contributed by atoms with Crippen LogP contribution < -0.4 is 10.2 Å². The van der Waals surface area contributed by atoms with E-state index in [4.69, 9.17) is 0 Å². The highest BCUT2D eigenvalue weighted by Crippen LogP contribution is 2.26. The maximum Gasteiger partial charge on any atom is 0.128 e. The van der Waals surface area contributed by atoms with Gasteiger partial charge in [-0.05, 0) is 38.4 Å². The summed E-state index contributed by atoms with van der Waals surface area (Å²) in [6, 6.07) is 5.37. The van der Waals surface area contributed by atoms with Crippen molar-refractivity contribution in [2.45, 2.75) is 44.7 Å². The fraction of sp³-hybridized carbons (Fsp3) is 0.643. The molecule has 0 aromatic carbocycles. The van der Waals surface area contributed by atoms with Crippen molar-refractivity contribution < 1.29 is 0 Å². The summed E-state index contributed by atoms with van der Waals surface area (Å²) in [5.74, 6) is 1.10. The SMILES string of the molecule is CNC(C)c1ccc(N(C)C2CCCC2)nc1. The highest BCUT2D eigenvalue weighted by Gasteiger charge is 2.20. The van der Waals surface area contributed by atoms with Crippen LogP contribution in [0.25, 0.3) is 0 Å². The number of pyridine rings is 1. The average Bonchev–Trinajstić information content (AvgIpc) is 2.91. The first-order valence-corrected chi connectivity index (χ1v) is 6.58. The van der Waals surface area contributed by atoms with Crippen LogP contribution in [0, 0.1) is 0 Å². The van der Waals surface area contributed by atoms with Gasteiger partial charge in [-0.15, -0.1) is 0 Å². The maximum atomic E-state index is 4.58. The molecule has 1 aromatic heterocycles. The van der Waals surface area contributed by atoms with Crippen LogP contribution in [0.5, 0.6) is 0 Å². The van der Waals surface area contributed by atoms with Crippen molar-refractivity contribution in [3.8, 4) is 0 Å². The van der Waals surface area contributed by atoms with E-state index >= 15 is 0 Å². The number of nitrogens with zero attached hydrogens (tertiary/aromatic N) is 2. The third-order valence-electron chi connectivity index (χ3n) is 3.94. The van der Waals surface area contributed by atoms with Gasteiger partial charge in [0.25, 0.3) is 0 Å². The summed E-state index contributed by atoms with van der Waals surface area (Å²) in [5, 5.41) is 3.23. The molecule has 0 bridgehead atoms. The molecule has 1 N–H and O–H groups in total. The van der Waals surface area contributed by atoms with Gasteiger partial charge < -0.3 is 10.2 Å². The molecule has 1 unspecified atom stereocenters. The summed E-state index contributed by atoms with van der Waals surface area (Å²) in [6.45, 7) is 2.15. The predicted octanol–water partition coefficient (Wildman–Crippen LogP) is 2.74. The summed E-state index contributed by atoms with van der Waals surface area (Å²) < 4.78 is 0. The van der Waals surface area contributed by atoms with Crippen LogP contribution in [0.15, 0.2) is 18.3 Å². The van der Waals surface area contributed by atoms with E-state index < -0.39 is 0 Å². The fourth-order valence-electron chi connectivity index (χ4n) is 2.51. The Hall–Kier alpha value is -1.09. The van der Waals surface area contributed by atoms with Crippen LogP contribution in [-0.4, -0.2) is 25.1 Å². The summed E-state index contributed by atoms with van der Waals surface area (Å²) in [4.78, 5) is 6.91. The number of hydrogen-bond acceptors (Lipinski definition) is 3. The monoisotopic (exact) mass is 233 g/mol. The van der Waals surface area contributed by atoms with Crippen LogP contribution in [0.3, 0.4) is 0 Å². The zero-order chi connectivity index (χ0) is 12.3. The summed E-state index contributed by atoms with van der Waals surface area (Å²) >= 11 is 0. The quantitative estimate of drug-likeness (QED) is 0.866. The smallest absolute Gasteiger partial charge is 0.128 e. The molecule has 0 aliphatic heterocycles. The van der Waals surface area contributed by atoms with Crippen molar-refractivity contribution >= 4 is 5.82 Å². The van der Waals surface area contributed by atoms with Gasteiger partial charge in [0.15, 0.2) is 0 Å². The van der Waals surface area contributed by atoms with Gasteiger partial charge in [-0.1, -0.05) is 18.9 Å². The zero-order valence-corrected chi connectivity index (χ0v) is 11.1. The van der Waals surface area contributed by atoms with Gasteiger partial charge in [-0.2, -0.15) is 0 Å². The predicted molar refractivity (Wildman–Crippen MR) is 72.4 cm³/mol. The van der Waals surface area contributed by atoms with E-state index in [1.165, 1.54) is 31.2 Å². The highest BCUT2D eigenvalue weighted by atomic mass is 15.2. The van der Waals surface area contributed by atoms with E-state index in [1.54, 1.807) is 0 Å². The number of hydrogen-bond donors (Lipinski definition) is 1. The first-order chi connectivity index (χ1) is 8.22. The Morgan fingerprint density at radius 3 is 2.59 bits per heavy atom. The molecule has 0 amide bonds. The molecular weight excluding hydrogens is 210 g/mol. The number of nitrogens with one attached hydrogen (secondary N) is 1. The van der Waals surface area contributed by atoms with Crippen molar-refractivity contribution in [2.24, 2.45) is 0 Å². The van der Waals surface area contributed by atoms with E-state index in [0.717, 1.165) is 5.82 Å². The van der Waals surface area contributed by atoms with E-state index in [1.807, 2.05) is 13.2 Å². The molecule has 1 saturated carbocycles. The van der Waals surface area contributed by atoms with Crippen LogP contribution in [0.1, 0.15) is 44.2 Å². The Labute approximate surface area is 104 Å². The van der Waals surface area contributed by atoms with Gasteiger partial charge in [0, 0.05) is 25.3 Å². The van der Waals surface area contributed by atoms with Gasteiger partial charge in [-0.3, -0.25) is 0 Å². The second-order valence-corrected chi connectivity index (χ2v) is 5.01. The Morgan fingerprint density at radius 1 is 1.35 bits per heavy atom. The van der Waals surface area contributed by atoms with Gasteiger partial charge in [0.2, 0.25) is 0 Å². The third kappa shape index (κ3) is 2.78. The Bertz CT molecular complexity index is 341. The first-order valence-electron chi connectivity index (χ1n) is 6.58. The number of aromatic nitrogens is 1. The van der Waals surface area contributed by atoms with Crippen LogP contribution in [0.2, 0.25) is 0 Å². The lowest BCUT2D eigenvalue weighted by Gasteiger charge is -2.25. The Kier molecular flexibility index (Phi) is 4.00. The van der Waals surface area contributed by atoms with Crippen molar-refractivity contribution in [1.82, 2.24) is 10.3 Å². The molecule has 0 radical (unpaired) electrons. The summed E-state index contributed by atoms with van der Waals surface area (Å²) in [7, 11) is 4.14. The largest absolute Gasteiger partial charge is 0.357 e. The minimum Gasteiger partial charge on any atom is -0.357 e. The summed E-state index contributed by atoms with van der Waals surface area (Å²) in [6.07, 6.45) is 7.34. The van der Waals surface area contributed by atoms with E-state index in [9.17, 15) is 0 Å². The molecule has 1 aliphatic carbocycles. The second kappa shape index (κ2) is 5.50. The normalized spacial score (nSPS) is 18.3. The molecule has 17 heavy (non-hydrogen) atoms.